The predicted octanol–water partition coefficient (Wildman–Crippen LogP) is 3.81. The molecule has 27 heavy (non-hydrogen) atoms. The Labute approximate surface area is 152 Å². The second kappa shape index (κ2) is 6.38. The Kier molecular flexibility index (Phi) is 3.89. The normalized spacial score (nSPS) is 10.8. The topological polar surface area (TPSA) is 102 Å². The summed E-state index contributed by atoms with van der Waals surface area (Å²) in [6.45, 7) is 0. The number of fused-ring (bicyclic) bond motifs is 2. The zero-order chi connectivity index (χ0) is 19.0. The number of nitro benzene ring substituents is 1. The molecular formula is C20H12N2O5. The van der Waals surface area contributed by atoms with Gasteiger partial charge in [-0.25, -0.2) is 4.79 Å². The lowest BCUT2D eigenvalue weighted by Crippen LogP contribution is -2.12. The van der Waals surface area contributed by atoms with Crippen molar-refractivity contribution in [1.29, 1.82) is 0 Å². The number of H-pyrrole nitrogens is 1. The zero-order valence-corrected chi connectivity index (χ0v) is 13.8. The van der Waals surface area contributed by atoms with Crippen LogP contribution < -0.4 is 10.2 Å². The summed E-state index contributed by atoms with van der Waals surface area (Å²) in [6.07, 6.45) is 0. The number of carbonyl (C=O) groups is 1. The van der Waals surface area contributed by atoms with E-state index in [4.69, 9.17) is 4.74 Å². The number of rotatable bonds is 3. The standard InChI is InChI=1S/C20H12N2O5/c23-19-14-4-1-2-7-17(14)21-18-15(19)5-3-6-16(18)20(24)27-13-10-8-12(9-11-13)22(25)26/h1-11H,(H,21,23). The first-order chi connectivity index (χ1) is 13.0. The number of ether oxygens (including phenoxy) is 1. The van der Waals surface area contributed by atoms with Gasteiger partial charge in [0.1, 0.15) is 5.75 Å². The number of aromatic nitrogens is 1. The average molecular weight is 360 g/mol. The predicted molar refractivity (Wildman–Crippen MR) is 100 cm³/mol. The van der Waals surface area contributed by atoms with Gasteiger partial charge >= 0.3 is 5.97 Å². The molecule has 3 aromatic carbocycles. The fourth-order valence-electron chi connectivity index (χ4n) is 2.91. The van der Waals surface area contributed by atoms with Crippen LogP contribution in [0.3, 0.4) is 0 Å². The second-order valence-corrected chi connectivity index (χ2v) is 5.87. The van der Waals surface area contributed by atoms with Gasteiger partial charge in [0.05, 0.1) is 16.0 Å². The number of benzene rings is 3. The summed E-state index contributed by atoms with van der Waals surface area (Å²) in [7, 11) is 0. The molecule has 0 saturated heterocycles. The molecule has 0 saturated carbocycles. The molecule has 132 valence electrons. The maximum atomic E-state index is 12.7. The third-order valence-corrected chi connectivity index (χ3v) is 4.22. The van der Waals surface area contributed by atoms with Crippen LogP contribution in [0, 0.1) is 10.1 Å². The van der Waals surface area contributed by atoms with Crippen molar-refractivity contribution in [3.63, 3.8) is 0 Å². The fraction of sp³-hybridized carbons (Fsp3) is 0. The van der Waals surface area contributed by atoms with Crippen molar-refractivity contribution in [3.8, 4) is 5.75 Å². The number of nitrogens with one attached hydrogen (secondary N) is 1. The van der Waals surface area contributed by atoms with E-state index in [1.54, 1.807) is 42.5 Å². The van der Waals surface area contributed by atoms with Crippen LogP contribution in [-0.2, 0) is 0 Å². The lowest BCUT2D eigenvalue weighted by atomic mass is 10.1. The number of para-hydroxylation sites is 2. The van der Waals surface area contributed by atoms with Gasteiger partial charge in [0.25, 0.3) is 5.69 Å². The molecule has 0 radical (unpaired) electrons. The molecule has 1 aromatic heterocycles. The third-order valence-electron chi connectivity index (χ3n) is 4.22. The molecule has 0 fully saturated rings. The lowest BCUT2D eigenvalue weighted by Gasteiger charge is -2.08. The van der Waals surface area contributed by atoms with E-state index in [9.17, 15) is 19.7 Å². The van der Waals surface area contributed by atoms with Gasteiger partial charge in [-0.3, -0.25) is 14.9 Å². The number of nitro groups is 1. The highest BCUT2D eigenvalue weighted by atomic mass is 16.6. The summed E-state index contributed by atoms with van der Waals surface area (Å²) in [5, 5.41) is 11.6. The van der Waals surface area contributed by atoms with E-state index >= 15 is 0 Å². The molecule has 4 rings (SSSR count). The van der Waals surface area contributed by atoms with E-state index in [2.05, 4.69) is 4.98 Å². The molecule has 0 amide bonds. The molecule has 0 aliphatic carbocycles. The van der Waals surface area contributed by atoms with Crippen LogP contribution in [0.25, 0.3) is 21.8 Å². The summed E-state index contributed by atoms with van der Waals surface area (Å²) < 4.78 is 5.31. The maximum Gasteiger partial charge on any atom is 0.345 e. The fourth-order valence-corrected chi connectivity index (χ4v) is 2.91. The summed E-state index contributed by atoms with van der Waals surface area (Å²) in [4.78, 5) is 38.6. The summed E-state index contributed by atoms with van der Waals surface area (Å²) in [5.41, 5.74) is 0.924. The molecule has 0 unspecified atom stereocenters. The van der Waals surface area contributed by atoms with Crippen molar-refractivity contribution in [1.82, 2.24) is 4.98 Å². The number of non-ortho nitro benzene ring substituents is 1. The first-order valence-electron chi connectivity index (χ1n) is 8.05. The van der Waals surface area contributed by atoms with E-state index < -0.39 is 10.9 Å². The number of nitrogens with zero attached hydrogens (tertiary/aromatic N) is 1. The first kappa shape index (κ1) is 16.5. The number of hydrogen-bond acceptors (Lipinski definition) is 5. The highest BCUT2D eigenvalue weighted by molar-refractivity contribution is 6.06. The number of aromatic amines is 1. The van der Waals surface area contributed by atoms with Gasteiger partial charge in [-0.1, -0.05) is 18.2 Å². The number of hydrogen-bond donors (Lipinski definition) is 1. The van der Waals surface area contributed by atoms with Crippen LogP contribution in [0.1, 0.15) is 10.4 Å². The summed E-state index contributed by atoms with van der Waals surface area (Å²) >= 11 is 0. The quantitative estimate of drug-likeness (QED) is 0.197. The van der Waals surface area contributed by atoms with E-state index in [-0.39, 0.29) is 22.4 Å². The zero-order valence-electron chi connectivity index (χ0n) is 13.8. The van der Waals surface area contributed by atoms with Gasteiger partial charge in [0.15, 0.2) is 5.43 Å². The molecule has 1 N–H and O–H groups in total. The Morgan fingerprint density at radius 1 is 0.926 bits per heavy atom. The Morgan fingerprint density at radius 2 is 1.63 bits per heavy atom. The van der Waals surface area contributed by atoms with E-state index in [0.29, 0.717) is 21.8 Å². The molecule has 0 bridgehead atoms. The minimum atomic E-state index is -0.666. The number of esters is 1. The molecule has 7 nitrogen and oxygen atoms in total. The minimum Gasteiger partial charge on any atom is -0.423 e. The van der Waals surface area contributed by atoms with Gasteiger partial charge in [0.2, 0.25) is 0 Å². The first-order valence-corrected chi connectivity index (χ1v) is 8.05. The highest BCUT2D eigenvalue weighted by Crippen LogP contribution is 2.22. The SMILES string of the molecule is O=C(Oc1ccc([N+](=O)[O-])cc1)c1cccc2c(=O)c3ccccc3[nH]c12. The van der Waals surface area contributed by atoms with Crippen molar-refractivity contribution < 1.29 is 14.5 Å². The molecule has 0 aliphatic rings. The average Bonchev–Trinajstić information content (AvgIpc) is 2.68. The van der Waals surface area contributed by atoms with Crippen molar-refractivity contribution in [2.45, 2.75) is 0 Å². The molecule has 4 aromatic rings. The highest BCUT2D eigenvalue weighted by Gasteiger charge is 2.16. The number of carbonyl (C=O) groups excluding carboxylic acids is 1. The minimum absolute atomic E-state index is 0.101. The smallest absolute Gasteiger partial charge is 0.345 e. The van der Waals surface area contributed by atoms with Crippen LogP contribution in [-0.4, -0.2) is 15.9 Å². The third kappa shape index (κ3) is 2.91. The monoisotopic (exact) mass is 360 g/mol. The van der Waals surface area contributed by atoms with Gasteiger partial charge in [-0.15, -0.1) is 0 Å². The molecule has 0 aliphatic heterocycles. The molecule has 0 spiro atoms. The van der Waals surface area contributed by atoms with Gasteiger partial charge in [0, 0.05) is 28.4 Å². The summed E-state index contributed by atoms with van der Waals surface area (Å²) in [5.74, 6) is -0.494. The van der Waals surface area contributed by atoms with Crippen molar-refractivity contribution in [3.05, 3.63) is 92.6 Å². The van der Waals surface area contributed by atoms with Crippen LogP contribution in [0.5, 0.6) is 5.75 Å². The van der Waals surface area contributed by atoms with Crippen LogP contribution in [0.4, 0.5) is 5.69 Å². The van der Waals surface area contributed by atoms with Crippen molar-refractivity contribution >= 4 is 33.5 Å². The van der Waals surface area contributed by atoms with Crippen LogP contribution in [0.2, 0.25) is 0 Å². The Hall–Kier alpha value is -4.00. The second-order valence-electron chi connectivity index (χ2n) is 5.87. The number of pyridine rings is 1. The van der Waals surface area contributed by atoms with Gasteiger partial charge in [-0.05, 0) is 36.4 Å². The van der Waals surface area contributed by atoms with Crippen molar-refractivity contribution in [2.24, 2.45) is 0 Å². The lowest BCUT2D eigenvalue weighted by molar-refractivity contribution is -0.384. The van der Waals surface area contributed by atoms with E-state index in [1.165, 1.54) is 24.3 Å². The molecular weight excluding hydrogens is 348 g/mol. The van der Waals surface area contributed by atoms with Crippen LogP contribution in [0.15, 0.2) is 71.5 Å². The van der Waals surface area contributed by atoms with Crippen LogP contribution >= 0.6 is 0 Å². The maximum absolute atomic E-state index is 12.7. The largest absolute Gasteiger partial charge is 0.423 e. The molecule has 7 heteroatoms. The summed E-state index contributed by atoms with van der Waals surface area (Å²) in [6, 6.07) is 17.0. The Bertz CT molecular complexity index is 1260. The van der Waals surface area contributed by atoms with Gasteiger partial charge < -0.3 is 9.72 Å². The van der Waals surface area contributed by atoms with Gasteiger partial charge in [-0.2, -0.15) is 0 Å². The Balaban J connectivity index is 1.77. The van der Waals surface area contributed by atoms with E-state index in [0.717, 1.165) is 0 Å². The Morgan fingerprint density at radius 3 is 2.37 bits per heavy atom. The van der Waals surface area contributed by atoms with Crippen molar-refractivity contribution in [2.75, 3.05) is 0 Å². The molecule has 0 atom stereocenters. The molecule has 1 heterocycles. The van der Waals surface area contributed by atoms with E-state index in [1.807, 2.05) is 0 Å².